The molecule has 282 valence electrons. The van der Waals surface area contributed by atoms with E-state index in [-0.39, 0.29) is 23.7 Å². The molecule has 54 heavy (non-hydrogen) atoms. The van der Waals surface area contributed by atoms with E-state index < -0.39 is 32.7 Å². The molecule has 0 atom stereocenters. The normalized spacial score (nSPS) is 11.3. The number of anilines is 1. The predicted molar refractivity (Wildman–Crippen MR) is 205 cm³/mol. The first-order valence-electron chi connectivity index (χ1n) is 16.7. The number of benzene rings is 5. The summed E-state index contributed by atoms with van der Waals surface area (Å²) in [6.45, 7) is -0.354. The molecule has 5 rings (SSSR count). The molecular weight excluding hydrogens is 713 g/mol. The van der Waals surface area contributed by atoms with Gasteiger partial charge in [-0.25, -0.2) is 13.2 Å². The number of carbonyl (C=O) groups excluding carboxylic acids is 1. The summed E-state index contributed by atoms with van der Waals surface area (Å²) in [5.41, 5.74) is 2.05. The molecule has 5 aromatic carbocycles. The molecule has 0 aliphatic rings. The van der Waals surface area contributed by atoms with E-state index in [1.165, 1.54) is 56.8 Å². The van der Waals surface area contributed by atoms with Crippen LogP contribution in [0.25, 0.3) is 0 Å². The first-order chi connectivity index (χ1) is 25.9. The van der Waals surface area contributed by atoms with Crippen molar-refractivity contribution in [3.63, 3.8) is 0 Å². The van der Waals surface area contributed by atoms with Crippen LogP contribution < -0.4 is 23.8 Å². The number of rotatable bonds is 15. The van der Waals surface area contributed by atoms with Crippen LogP contribution in [0, 0.1) is 10.1 Å². The van der Waals surface area contributed by atoms with E-state index in [2.05, 4.69) is 0 Å². The average Bonchev–Trinajstić information content (AvgIpc) is 3.20. The molecule has 0 saturated carbocycles. The molecule has 0 aromatic heterocycles. The fourth-order valence-electron chi connectivity index (χ4n) is 6.17. The maximum absolute atomic E-state index is 14.6. The Morgan fingerprint density at radius 2 is 1.17 bits per heavy atom. The van der Waals surface area contributed by atoms with E-state index in [4.69, 9.17) is 18.9 Å². The van der Waals surface area contributed by atoms with Crippen molar-refractivity contribution in [3.05, 3.63) is 148 Å². The SMILES string of the molecule is COc1ccc(CN(Cc2ccc(OC)cc2OC)S(=O)(=O)c2ccc(N(C)C(=O)N(C)C(c3ccccc3)c3ccccc3)c([N+](=O)[O-])c2)c(OC)c1. The second-order valence-corrected chi connectivity index (χ2v) is 14.2. The molecule has 0 saturated heterocycles. The van der Waals surface area contributed by atoms with Crippen LogP contribution in [0.1, 0.15) is 28.3 Å². The Hall–Kier alpha value is -6.12. The second-order valence-electron chi connectivity index (χ2n) is 12.2. The van der Waals surface area contributed by atoms with Gasteiger partial charge in [0.25, 0.3) is 5.69 Å². The molecule has 0 heterocycles. The molecule has 0 fully saturated rings. The fourth-order valence-corrected chi connectivity index (χ4v) is 7.59. The lowest BCUT2D eigenvalue weighted by Gasteiger charge is -2.32. The van der Waals surface area contributed by atoms with Crippen molar-refractivity contribution >= 4 is 27.4 Å². The van der Waals surface area contributed by atoms with Gasteiger partial charge in [-0.1, -0.05) is 72.8 Å². The number of hydrogen-bond donors (Lipinski definition) is 0. The van der Waals surface area contributed by atoms with Crippen LogP contribution in [0.5, 0.6) is 23.0 Å². The number of nitrogens with zero attached hydrogens (tertiary/aromatic N) is 4. The van der Waals surface area contributed by atoms with Gasteiger partial charge >= 0.3 is 6.03 Å². The molecule has 14 heteroatoms. The summed E-state index contributed by atoms with van der Waals surface area (Å²) in [5, 5.41) is 12.6. The van der Waals surface area contributed by atoms with Gasteiger partial charge in [0.2, 0.25) is 10.0 Å². The topological polar surface area (TPSA) is 141 Å². The van der Waals surface area contributed by atoms with E-state index in [1.54, 1.807) is 43.4 Å². The fraction of sp³-hybridized carbons (Fsp3) is 0.225. The summed E-state index contributed by atoms with van der Waals surface area (Å²) in [4.78, 5) is 28.3. The molecule has 0 N–H and O–H groups in total. The number of hydrogen-bond acceptors (Lipinski definition) is 9. The third kappa shape index (κ3) is 8.40. The first kappa shape index (κ1) is 39.1. The van der Waals surface area contributed by atoms with Gasteiger partial charge in [-0.2, -0.15) is 4.31 Å². The zero-order valence-electron chi connectivity index (χ0n) is 30.8. The molecule has 2 amide bonds. The molecule has 0 bridgehead atoms. The van der Waals surface area contributed by atoms with Gasteiger partial charge in [-0.15, -0.1) is 0 Å². The highest BCUT2D eigenvalue weighted by Crippen LogP contribution is 2.36. The van der Waals surface area contributed by atoms with Crippen LogP contribution in [0.2, 0.25) is 0 Å². The van der Waals surface area contributed by atoms with E-state index in [0.717, 1.165) is 22.1 Å². The van der Waals surface area contributed by atoms with Crippen molar-refractivity contribution in [2.24, 2.45) is 0 Å². The number of sulfonamides is 1. The van der Waals surface area contributed by atoms with E-state index in [0.29, 0.717) is 34.1 Å². The molecule has 0 unspecified atom stereocenters. The summed E-state index contributed by atoms with van der Waals surface area (Å²) >= 11 is 0. The molecule has 0 aliphatic carbocycles. The third-order valence-electron chi connectivity index (χ3n) is 9.03. The number of amides is 2. The zero-order valence-corrected chi connectivity index (χ0v) is 31.6. The van der Waals surface area contributed by atoms with E-state index in [9.17, 15) is 23.3 Å². The Kier molecular flexibility index (Phi) is 12.4. The summed E-state index contributed by atoms with van der Waals surface area (Å²) in [6, 6.07) is 31.3. The second kappa shape index (κ2) is 17.1. The lowest BCUT2D eigenvalue weighted by Crippen LogP contribution is -2.41. The minimum atomic E-state index is -4.46. The smallest absolute Gasteiger partial charge is 0.324 e. The molecule has 0 spiro atoms. The summed E-state index contributed by atoms with van der Waals surface area (Å²) in [6.07, 6.45) is 0. The van der Waals surface area contributed by atoms with Gasteiger partial charge in [0.15, 0.2) is 0 Å². The number of nitro benzene ring substituents is 1. The highest BCUT2D eigenvalue weighted by molar-refractivity contribution is 7.89. The first-order valence-corrected chi connectivity index (χ1v) is 18.2. The third-order valence-corrected chi connectivity index (χ3v) is 10.8. The van der Waals surface area contributed by atoms with Gasteiger partial charge in [0, 0.05) is 56.5 Å². The van der Waals surface area contributed by atoms with Crippen LogP contribution in [0.15, 0.2) is 120 Å². The van der Waals surface area contributed by atoms with Crippen molar-refractivity contribution in [1.29, 1.82) is 0 Å². The Balaban J connectivity index is 1.55. The quantitative estimate of drug-likeness (QED) is 0.0796. The standard InChI is InChI=1S/C40H42N4O9S/c1-41(40(45)42(2)39(28-13-9-7-10-14-28)29-15-11-8-12-16-29)35-22-21-34(25-36(35)44(46)47)54(48,49)43(26-30-17-19-32(50-3)23-37(30)52-5)27-31-18-20-33(51-4)24-38(31)53-6/h7-25,39H,26-27H2,1-6H3. The van der Waals surface area contributed by atoms with Crippen molar-refractivity contribution in [3.8, 4) is 23.0 Å². The van der Waals surface area contributed by atoms with Crippen molar-refractivity contribution in [2.75, 3.05) is 47.4 Å². The molecule has 0 aliphatic heterocycles. The monoisotopic (exact) mass is 754 g/mol. The van der Waals surface area contributed by atoms with Crippen LogP contribution >= 0.6 is 0 Å². The van der Waals surface area contributed by atoms with Crippen LogP contribution in [-0.2, 0) is 23.1 Å². The number of urea groups is 1. The maximum atomic E-state index is 14.6. The van der Waals surface area contributed by atoms with Crippen molar-refractivity contribution < 1.29 is 37.1 Å². The van der Waals surface area contributed by atoms with Gasteiger partial charge in [0.1, 0.15) is 28.7 Å². The minimum absolute atomic E-state index is 0.0872. The van der Waals surface area contributed by atoms with Gasteiger partial charge in [0.05, 0.1) is 44.3 Å². The van der Waals surface area contributed by atoms with Crippen LogP contribution in [-0.4, -0.2) is 71.1 Å². The van der Waals surface area contributed by atoms with E-state index >= 15 is 0 Å². The lowest BCUT2D eigenvalue weighted by molar-refractivity contribution is -0.384. The molecular formula is C40H42N4O9S. The molecule has 13 nitrogen and oxygen atoms in total. The summed E-state index contributed by atoms with van der Waals surface area (Å²) in [7, 11) is 4.51. The number of carbonyl (C=O) groups is 1. The minimum Gasteiger partial charge on any atom is -0.497 e. The van der Waals surface area contributed by atoms with Crippen molar-refractivity contribution in [1.82, 2.24) is 9.21 Å². The highest BCUT2D eigenvalue weighted by Gasteiger charge is 2.33. The highest BCUT2D eigenvalue weighted by atomic mass is 32.2. The average molecular weight is 755 g/mol. The predicted octanol–water partition coefficient (Wildman–Crippen LogP) is 7.30. The Morgan fingerprint density at radius 1 is 0.685 bits per heavy atom. The molecule has 5 aromatic rings. The zero-order chi connectivity index (χ0) is 39.0. The largest absolute Gasteiger partial charge is 0.497 e. The summed E-state index contributed by atoms with van der Waals surface area (Å²) < 4.78 is 52.1. The summed E-state index contributed by atoms with van der Waals surface area (Å²) in [5.74, 6) is 1.78. The van der Waals surface area contributed by atoms with Crippen molar-refractivity contribution in [2.45, 2.75) is 24.0 Å². The Morgan fingerprint density at radius 3 is 1.59 bits per heavy atom. The van der Waals surface area contributed by atoms with Crippen LogP contribution in [0.3, 0.4) is 0 Å². The van der Waals surface area contributed by atoms with Gasteiger partial charge in [-0.05, 0) is 35.4 Å². The number of methoxy groups -OCH3 is 4. The maximum Gasteiger partial charge on any atom is 0.324 e. The number of ether oxygens (including phenoxy) is 4. The Labute approximate surface area is 315 Å². The van der Waals surface area contributed by atoms with Gasteiger partial charge < -0.3 is 23.8 Å². The Bertz CT molecular complexity index is 2110. The van der Waals surface area contributed by atoms with Crippen LogP contribution in [0.4, 0.5) is 16.2 Å². The lowest BCUT2D eigenvalue weighted by atomic mass is 9.97. The van der Waals surface area contributed by atoms with Gasteiger partial charge in [-0.3, -0.25) is 15.0 Å². The number of nitro groups is 1. The molecule has 0 radical (unpaired) electrons. The van der Waals surface area contributed by atoms with E-state index in [1.807, 2.05) is 60.7 Å².